The molecule has 0 aromatic heterocycles. The molecular weight excluding hydrogens is 470 g/mol. The lowest BCUT2D eigenvalue weighted by atomic mass is 9.96. The zero-order chi connectivity index (χ0) is 24.8. The standard InChI is InChI=1S/C26H38ClN3O5/c1-20-16-22(5-7-23(20)27)34-19-26(17-25(32)29-11-9-28(2)10-12-29)18-30(13-15-35-26)24(31)8-6-21-4-3-14-33-21/h5,7,16,21H,3-4,6,8-15,17-19H2,1-2H3/t21-,26-/m0/s1. The first-order valence-electron chi connectivity index (χ1n) is 12.7. The Hall–Kier alpha value is -1.87. The number of halogens is 1. The summed E-state index contributed by atoms with van der Waals surface area (Å²) in [6, 6.07) is 5.50. The van der Waals surface area contributed by atoms with Crippen LogP contribution in [-0.4, -0.2) is 104 Å². The van der Waals surface area contributed by atoms with Gasteiger partial charge in [-0.05, 0) is 57.0 Å². The fourth-order valence-electron chi connectivity index (χ4n) is 4.98. The maximum atomic E-state index is 13.3. The summed E-state index contributed by atoms with van der Waals surface area (Å²) in [5.74, 6) is 0.800. The van der Waals surface area contributed by atoms with E-state index in [0.717, 1.165) is 44.5 Å². The maximum absolute atomic E-state index is 13.3. The number of hydrogen-bond acceptors (Lipinski definition) is 6. The molecule has 3 aliphatic rings. The topological polar surface area (TPSA) is 71.6 Å². The van der Waals surface area contributed by atoms with Crippen LogP contribution in [0, 0.1) is 6.92 Å². The van der Waals surface area contributed by atoms with Crippen molar-refractivity contribution in [2.75, 3.05) is 66.1 Å². The van der Waals surface area contributed by atoms with Gasteiger partial charge in [-0.1, -0.05) is 11.6 Å². The third-order valence-electron chi connectivity index (χ3n) is 7.27. The lowest BCUT2D eigenvalue weighted by Crippen LogP contribution is -2.59. The summed E-state index contributed by atoms with van der Waals surface area (Å²) in [7, 11) is 2.07. The summed E-state index contributed by atoms with van der Waals surface area (Å²) >= 11 is 6.17. The molecule has 2 atom stereocenters. The van der Waals surface area contributed by atoms with Gasteiger partial charge in [-0.15, -0.1) is 0 Å². The number of ether oxygens (including phenoxy) is 3. The number of aryl methyl sites for hydroxylation is 1. The number of amides is 2. The van der Waals surface area contributed by atoms with Crippen LogP contribution in [0.1, 0.15) is 37.7 Å². The predicted octanol–water partition coefficient (Wildman–Crippen LogP) is 2.75. The van der Waals surface area contributed by atoms with Gasteiger partial charge in [0, 0.05) is 50.8 Å². The summed E-state index contributed by atoms with van der Waals surface area (Å²) in [5.41, 5.74) is 0.0216. The van der Waals surface area contributed by atoms with Gasteiger partial charge in [0.05, 0.1) is 25.7 Å². The van der Waals surface area contributed by atoms with Crippen LogP contribution in [0.15, 0.2) is 18.2 Å². The van der Waals surface area contributed by atoms with Gasteiger partial charge in [0.1, 0.15) is 18.0 Å². The minimum Gasteiger partial charge on any atom is -0.490 e. The van der Waals surface area contributed by atoms with E-state index in [2.05, 4.69) is 11.9 Å². The summed E-state index contributed by atoms with van der Waals surface area (Å²) in [5, 5.41) is 0.675. The highest BCUT2D eigenvalue weighted by Crippen LogP contribution is 2.28. The Kier molecular flexibility index (Phi) is 8.92. The van der Waals surface area contributed by atoms with Gasteiger partial charge in [0.15, 0.2) is 0 Å². The summed E-state index contributed by atoms with van der Waals surface area (Å²) < 4.78 is 18.1. The Morgan fingerprint density at radius 2 is 1.91 bits per heavy atom. The van der Waals surface area contributed by atoms with Crippen molar-refractivity contribution in [3.05, 3.63) is 28.8 Å². The van der Waals surface area contributed by atoms with E-state index < -0.39 is 5.60 Å². The predicted molar refractivity (Wildman–Crippen MR) is 134 cm³/mol. The Balaban J connectivity index is 1.44. The Morgan fingerprint density at radius 3 is 2.63 bits per heavy atom. The summed E-state index contributed by atoms with van der Waals surface area (Å²) in [4.78, 5) is 32.3. The molecule has 1 aromatic carbocycles. The van der Waals surface area contributed by atoms with Crippen molar-refractivity contribution < 1.29 is 23.8 Å². The Morgan fingerprint density at radius 1 is 1.11 bits per heavy atom. The van der Waals surface area contributed by atoms with E-state index >= 15 is 0 Å². The fourth-order valence-corrected chi connectivity index (χ4v) is 5.10. The number of likely N-dealkylation sites (N-methyl/N-ethyl adjacent to an activating group) is 1. The number of rotatable bonds is 8. The highest BCUT2D eigenvalue weighted by molar-refractivity contribution is 6.31. The van der Waals surface area contributed by atoms with Crippen LogP contribution in [-0.2, 0) is 19.1 Å². The molecule has 9 heteroatoms. The lowest BCUT2D eigenvalue weighted by molar-refractivity contribution is -0.166. The number of carbonyl (C=O) groups is 2. The summed E-state index contributed by atoms with van der Waals surface area (Å²) in [6.45, 7) is 7.25. The van der Waals surface area contributed by atoms with Crippen molar-refractivity contribution in [2.24, 2.45) is 0 Å². The molecule has 4 rings (SSSR count). The van der Waals surface area contributed by atoms with Crippen molar-refractivity contribution in [2.45, 2.75) is 50.7 Å². The molecule has 35 heavy (non-hydrogen) atoms. The quantitative estimate of drug-likeness (QED) is 0.539. The molecule has 0 unspecified atom stereocenters. The highest BCUT2D eigenvalue weighted by Gasteiger charge is 2.42. The molecule has 3 heterocycles. The third-order valence-corrected chi connectivity index (χ3v) is 7.69. The van der Waals surface area contributed by atoms with Gasteiger partial charge in [0.25, 0.3) is 0 Å². The van der Waals surface area contributed by atoms with Gasteiger partial charge in [0.2, 0.25) is 11.8 Å². The van der Waals surface area contributed by atoms with Crippen molar-refractivity contribution in [1.82, 2.24) is 14.7 Å². The van der Waals surface area contributed by atoms with Crippen molar-refractivity contribution in [3.8, 4) is 5.75 Å². The molecule has 0 aliphatic carbocycles. The molecule has 8 nitrogen and oxygen atoms in total. The number of benzene rings is 1. The van der Waals surface area contributed by atoms with E-state index in [1.807, 2.05) is 28.9 Å². The van der Waals surface area contributed by atoms with Crippen LogP contribution in [0.4, 0.5) is 0 Å². The van der Waals surface area contributed by atoms with E-state index in [-0.39, 0.29) is 30.9 Å². The number of hydrogen-bond donors (Lipinski definition) is 0. The van der Waals surface area contributed by atoms with Gasteiger partial charge < -0.3 is 28.9 Å². The smallest absolute Gasteiger partial charge is 0.225 e. The highest BCUT2D eigenvalue weighted by atomic mass is 35.5. The first-order valence-corrected chi connectivity index (χ1v) is 13.1. The van der Waals surface area contributed by atoms with E-state index in [1.165, 1.54) is 0 Å². The third kappa shape index (κ3) is 7.09. The largest absolute Gasteiger partial charge is 0.490 e. The molecule has 0 bridgehead atoms. The minimum absolute atomic E-state index is 0.0441. The molecule has 0 radical (unpaired) electrons. The zero-order valence-corrected chi connectivity index (χ0v) is 21.7. The van der Waals surface area contributed by atoms with Crippen molar-refractivity contribution >= 4 is 23.4 Å². The molecule has 3 fully saturated rings. The normalized spacial score (nSPS) is 25.6. The summed E-state index contributed by atoms with van der Waals surface area (Å²) in [6.07, 6.45) is 3.64. The van der Waals surface area contributed by atoms with Crippen LogP contribution in [0.3, 0.4) is 0 Å². The SMILES string of the molecule is Cc1cc(OC[C@]2(CC(=O)N3CCN(C)CC3)CN(C(=O)CC[C@@H]3CCCO3)CCO2)ccc1Cl. The molecule has 3 aliphatic heterocycles. The average Bonchev–Trinajstić information content (AvgIpc) is 3.38. The first-order chi connectivity index (χ1) is 16.8. The second kappa shape index (κ2) is 11.9. The molecular formula is C26H38ClN3O5. The number of morpholine rings is 1. The minimum atomic E-state index is -0.897. The molecule has 194 valence electrons. The van der Waals surface area contributed by atoms with Crippen LogP contribution < -0.4 is 4.74 Å². The second-order valence-electron chi connectivity index (χ2n) is 10.1. The molecule has 0 N–H and O–H groups in total. The van der Waals surface area contributed by atoms with Gasteiger partial charge >= 0.3 is 0 Å². The molecule has 0 spiro atoms. The monoisotopic (exact) mass is 507 g/mol. The van der Waals surface area contributed by atoms with Crippen LogP contribution >= 0.6 is 11.6 Å². The van der Waals surface area contributed by atoms with Gasteiger partial charge in [-0.2, -0.15) is 0 Å². The van der Waals surface area contributed by atoms with E-state index in [0.29, 0.717) is 50.0 Å². The Bertz CT molecular complexity index is 886. The molecule has 0 saturated carbocycles. The van der Waals surface area contributed by atoms with Crippen LogP contribution in [0.2, 0.25) is 5.02 Å². The fraction of sp³-hybridized carbons (Fsp3) is 0.692. The van der Waals surface area contributed by atoms with E-state index in [4.69, 9.17) is 25.8 Å². The van der Waals surface area contributed by atoms with E-state index in [1.54, 1.807) is 6.07 Å². The maximum Gasteiger partial charge on any atom is 0.225 e. The first kappa shape index (κ1) is 26.2. The van der Waals surface area contributed by atoms with Crippen LogP contribution in [0.25, 0.3) is 0 Å². The van der Waals surface area contributed by atoms with Crippen LogP contribution in [0.5, 0.6) is 5.75 Å². The van der Waals surface area contributed by atoms with E-state index in [9.17, 15) is 9.59 Å². The lowest BCUT2D eigenvalue weighted by Gasteiger charge is -2.43. The Labute approximate surface area is 213 Å². The molecule has 3 saturated heterocycles. The van der Waals surface area contributed by atoms with Gasteiger partial charge in [-0.3, -0.25) is 9.59 Å². The molecule has 1 aromatic rings. The van der Waals surface area contributed by atoms with Crippen molar-refractivity contribution in [3.63, 3.8) is 0 Å². The van der Waals surface area contributed by atoms with Crippen molar-refractivity contribution in [1.29, 1.82) is 0 Å². The number of carbonyl (C=O) groups excluding carboxylic acids is 2. The van der Waals surface area contributed by atoms with Gasteiger partial charge in [-0.25, -0.2) is 0 Å². The number of nitrogens with zero attached hydrogens (tertiary/aromatic N) is 3. The number of piperazine rings is 1. The average molecular weight is 508 g/mol. The second-order valence-corrected chi connectivity index (χ2v) is 10.5. The zero-order valence-electron chi connectivity index (χ0n) is 21.0. The molecule has 2 amide bonds.